The summed E-state index contributed by atoms with van der Waals surface area (Å²) in [6.45, 7) is 2.41. The fourth-order valence-corrected chi connectivity index (χ4v) is 1.56. The van der Waals surface area contributed by atoms with Crippen molar-refractivity contribution in [3.63, 3.8) is 0 Å². The Hall–Kier alpha value is -0.150. The molecule has 1 aliphatic rings. The quantitative estimate of drug-likeness (QED) is 0.589. The highest BCUT2D eigenvalue weighted by atomic mass is 19.1. The Kier molecular flexibility index (Phi) is 2.63. The van der Waals surface area contributed by atoms with E-state index in [-0.39, 0.29) is 18.6 Å². The largest absolute Gasteiger partial charge is 0.395 e. The molecule has 1 fully saturated rings. The van der Waals surface area contributed by atoms with Crippen LogP contribution in [0.15, 0.2) is 0 Å². The van der Waals surface area contributed by atoms with Crippen LogP contribution in [0.25, 0.3) is 0 Å². The van der Waals surface area contributed by atoms with Crippen molar-refractivity contribution in [3.8, 4) is 0 Å². The summed E-state index contributed by atoms with van der Waals surface area (Å²) < 4.78 is 12.9. The average Bonchev–Trinajstić information content (AvgIpc) is 2.30. The van der Waals surface area contributed by atoms with Crippen molar-refractivity contribution in [3.05, 3.63) is 0 Å². The second-order valence-corrected chi connectivity index (χ2v) is 2.79. The van der Waals surface area contributed by atoms with Gasteiger partial charge in [0.2, 0.25) is 0 Å². The third-order valence-corrected chi connectivity index (χ3v) is 2.22. The number of aliphatic hydroxyl groups excluding tert-OH is 1. The first-order valence-corrected chi connectivity index (χ1v) is 3.78. The van der Waals surface area contributed by atoms with Crippen LogP contribution in [-0.4, -0.2) is 30.5 Å². The van der Waals surface area contributed by atoms with Crippen LogP contribution in [0.3, 0.4) is 0 Å². The van der Waals surface area contributed by atoms with Gasteiger partial charge in [-0.05, 0) is 6.42 Å². The normalized spacial score (nSPS) is 40.5. The number of aliphatic hydroxyl groups is 1. The minimum absolute atomic E-state index is 0.0139. The van der Waals surface area contributed by atoms with Crippen molar-refractivity contribution < 1.29 is 9.50 Å². The monoisotopic (exact) mass is 147 g/mol. The van der Waals surface area contributed by atoms with Gasteiger partial charge in [-0.25, -0.2) is 4.39 Å². The van der Waals surface area contributed by atoms with E-state index in [0.29, 0.717) is 6.54 Å². The number of alkyl halides is 1. The van der Waals surface area contributed by atoms with Gasteiger partial charge in [0.15, 0.2) is 0 Å². The summed E-state index contributed by atoms with van der Waals surface area (Å²) in [5, 5.41) is 11.7. The lowest BCUT2D eigenvalue weighted by Gasteiger charge is -2.15. The van der Waals surface area contributed by atoms with E-state index in [0.717, 1.165) is 6.42 Å². The van der Waals surface area contributed by atoms with Gasteiger partial charge in [-0.2, -0.15) is 0 Å². The van der Waals surface area contributed by atoms with E-state index in [1.54, 1.807) is 0 Å². The molecule has 3 atom stereocenters. The number of hydrogen-bond acceptors (Lipinski definition) is 2. The molecule has 0 amide bonds. The number of halogens is 1. The second-order valence-electron chi connectivity index (χ2n) is 2.79. The molecule has 0 radical (unpaired) electrons. The zero-order valence-electron chi connectivity index (χ0n) is 6.18. The molecule has 0 aromatic heterocycles. The Morgan fingerprint density at radius 3 is 2.80 bits per heavy atom. The van der Waals surface area contributed by atoms with Crippen LogP contribution in [0, 0.1) is 5.92 Å². The van der Waals surface area contributed by atoms with E-state index in [2.05, 4.69) is 5.32 Å². The zero-order valence-corrected chi connectivity index (χ0v) is 6.18. The highest BCUT2D eigenvalue weighted by molar-refractivity contribution is 4.89. The molecule has 1 heterocycles. The predicted octanol–water partition coefficient (Wildman–Crippen LogP) is 0.315. The first-order valence-electron chi connectivity index (χ1n) is 3.78. The molecule has 0 aliphatic carbocycles. The van der Waals surface area contributed by atoms with Gasteiger partial charge in [0.25, 0.3) is 0 Å². The third kappa shape index (κ3) is 1.30. The van der Waals surface area contributed by atoms with Gasteiger partial charge in [-0.1, -0.05) is 6.92 Å². The van der Waals surface area contributed by atoms with E-state index in [4.69, 9.17) is 5.11 Å². The van der Waals surface area contributed by atoms with Crippen LogP contribution in [-0.2, 0) is 0 Å². The van der Waals surface area contributed by atoms with Gasteiger partial charge in [-0.3, -0.25) is 0 Å². The molecule has 0 saturated carbocycles. The Morgan fingerprint density at radius 2 is 2.40 bits per heavy atom. The molecule has 10 heavy (non-hydrogen) atoms. The summed E-state index contributed by atoms with van der Waals surface area (Å²) in [5.41, 5.74) is 0. The molecule has 1 aliphatic heterocycles. The summed E-state index contributed by atoms with van der Waals surface area (Å²) in [5.74, 6) is 0.0185. The Balaban J connectivity index is 2.45. The number of nitrogens with one attached hydrogen (secondary N) is 1. The standard InChI is InChI=1S/C7H14FNO/c1-2-5-6(8)3-9-7(5)4-10/h5-7,9-10H,2-4H2,1H3/t5-,6-,7-/m1/s1. The lowest BCUT2D eigenvalue weighted by molar-refractivity contribution is 0.192. The molecule has 2 N–H and O–H groups in total. The van der Waals surface area contributed by atoms with Crippen molar-refractivity contribution in [2.24, 2.45) is 5.92 Å². The highest BCUT2D eigenvalue weighted by Crippen LogP contribution is 2.21. The van der Waals surface area contributed by atoms with Crippen molar-refractivity contribution in [2.75, 3.05) is 13.2 Å². The predicted molar refractivity (Wildman–Crippen MR) is 37.6 cm³/mol. The first kappa shape index (κ1) is 7.95. The van der Waals surface area contributed by atoms with Crippen molar-refractivity contribution >= 4 is 0 Å². The summed E-state index contributed by atoms with van der Waals surface area (Å²) in [6.07, 6.45) is 0.0431. The van der Waals surface area contributed by atoms with Crippen LogP contribution in [0.1, 0.15) is 13.3 Å². The molecular weight excluding hydrogens is 133 g/mol. The van der Waals surface area contributed by atoms with Crippen LogP contribution in [0.2, 0.25) is 0 Å². The molecule has 60 valence electrons. The molecule has 0 aromatic carbocycles. The summed E-state index contributed by atoms with van der Waals surface area (Å²) in [6, 6.07) is -0.0139. The summed E-state index contributed by atoms with van der Waals surface area (Å²) >= 11 is 0. The van der Waals surface area contributed by atoms with Crippen molar-refractivity contribution in [1.29, 1.82) is 0 Å². The third-order valence-electron chi connectivity index (χ3n) is 2.22. The van der Waals surface area contributed by atoms with Crippen LogP contribution >= 0.6 is 0 Å². The lowest BCUT2D eigenvalue weighted by atomic mass is 9.97. The maximum Gasteiger partial charge on any atom is 0.117 e. The zero-order chi connectivity index (χ0) is 7.56. The van der Waals surface area contributed by atoms with Crippen molar-refractivity contribution in [2.45, 2.75) is 25.6 Å². The van der Waals surface area contributed by atoms with E-state index >= 15 is 0 Å². The smallest absolute Gasteiger partial charge is 0.117 e. The van der Waals surface area contributed by atoms with E-state index in [9.17, 15) is 4.39 Å². The fourth-order valence-electron chi connectivity index (χ4n) is 1.56. The molecule has 0 spiro atoms. The van der Waals surface area contributed by atoms with Crippen LogP contribution in [0.5, 0.6) is 0 Å². The highest BCUT2D eigenvalue weighted by Gasteiger charge is 2.33. The van der Waals surface area contributed by atoms with Gasteiger partial charge in [0, 0.05) is 18.5 Å². The van der Waals surface area contributed by atoms with Gasteiger partial charge < -0.3 is 10.4 Å². The number of rotatable bonds is 2. The van der Waals surface area contributed by atoms with Gasteiger partial charge >= 0.3 is 0 Å². The molecule has 1 saturated heterocycles. The first-order chi connectivity index (χ1) is 4.79. The molecule has 0 aromatic rings. The average molecular weight is 147 g/mol. The van der Waals surface area contributed by atoms with Crippen LogP contribution < -0.4 is 5.32 Å². The SMILES string of the molecule is CC[C@@H]1[C@H](F)CN[C@@H]1CO. The Bertz CT molecular complexity index is 110. The molecule has 1 rings (SSSR count). The van der Waals surface area contributed by atoms with Gasteiger partial charge in [0.1, 0.15) is 6.17 Å². The van der Waals surface area contributed by atoms with Gasteiger partial charge in [0.05, 0.1) is 6.61 Å². The fraction of sp³-hybridized carbons (Fsp3) is 1.00. The van der Waals surface area contributed by atoms with E-state index < -0.39 is 6.17 Å². The maximum absolute atomic E-state index is 12.9. The minimum atomic E-state index is -0.762. The van der Waals surface area contributed by atoms with E-state index in [1.165, 1.54) is 0 Å². The van der Waals surface area contributed by atoms with E-state index in [1.807, 2.05) is 6.92 Å². The molecule has 0 unspecified atom stereocenters. The maximum atomic E-state index is 12.9. The second kappa shape index (κ2) is 3.30. The van der Waals surface area contributed by atoms with Crippen LogP contribution in [0.4, 0.5) is 4.39 Å². The lowest BCUT2D eigenvalue weighted by Crippen LogP contribution is -2.30. The molecular formula is C7H14FNO. The summed E-state index contributed by atoms with van der Waals surface area (Å²) in [7, 11) is 0. The molecule has 0 bridgehead atoms. The van der Waals surface area contributed by atoms with Gasteiger partial charge in [-0.15, -0.1) is 0 Å². The Labute approximate surface area is 60.4 Å². The minimum Gasteiger partial charge on any atom is -0.395 e. The Morgan fingerprint density at radius 1 is 1.70 bits per heavy atom. The molecule has 2 nitrogen and oxygen atoms in total. The van der Waals surface area contributed by atoms with Crippen molar-refractivity contribution in [1.82, 2.24) is 5.32 Å². The summed E-state index contributed by atoms with van der Waals surface area (Å²) in [4.78, 5) is 0. The number of hydrogen-bond donors (Lipinski definition) is 2. The molecule has 3 heteroatoms. The topological polar surface area (TPSA) is 32.3 Å².